The van der Waals surface area contributed by atoms with Crippen LogP contribution in [0.25, 0.3) is 0 Å². The highest BCUT2D eigenvalue weighted by Crippen LogP contribution is 2.32. The maximum absolute atomic E-state index is 12.9. The van der Waals surface area contributed by atoms with Gasteiger partial charge in [0.1, 0.15) is 0 Å². The van der Waals surface area contributed by atoms with Crippen LogP contribution in [-0.2, 0) is 24.3 Å². The van der Waals surface area contributed by atoms with Gasteiger partial charge in [-0.15, -0.1) is 0 Å². The summed E-state index contributed by atoms with van der Waals surface area (Å²) in [4.78, 5) is 14.7. The molecule has 3 rings (SSSR count). The number of hydrogen-bond acceptors (Lipinski definition) is 5. The summed E-state index contributed by atoms with van der Waals surface area (Å²) >= 11 is 0. The molecule has 3 fully saturated rings. The predicted molar refractivity (Wildman–Crippen MR) is 107 cm³/mol. The van der Waals surface area contributed by atoms with E-state index in [0.717, 1.165) is 31.6 Å². The number of nitrogens with zero attached hydrogens (tertiary/aromatic N) is 1. The monoisotopic (exact) mass is 416 g/mol. The summed E-state index contributed by atoms with van der Waals surface area (Å²) in [5.41, 5.74) is 0. The molecule has 28 heavy (non-hydrogen) atoms. The van der Waals surface area contributed by atoms with E-state index in [1.807, 2.05) is 4.90 Å². The van der Waals surface area contributed by atoms with E-state index in [4.69, 9.17) is 9.47 Å². The predicted octanol–water partition coefficient (Wildman–Crippen LogP) is 1.77. The lowest BCUT2D eigenvalue weighted by Gasteiger charge is -2.44. The molecule has 7 nitrogen and oxygen atoms in total. The molecule has 0 bridgehead atoms. The van der Waals surface area contributed by atoms with Gasteiger partial charge in [-0.3, -0.25) is 4.79 Å². The normalized spacial score (nSPS) is 32.4. The summed E-state index contributed by atoms with van der Waals surface area (Å²) < 4.78 is 37.9. The molecule has 0 aromatic heterocycles. The Morgan fingerprint density at radius 2 is 1.86 bits per heavy atom. The van der Waals surface area contributed by atoms with Crippen LogP contribution in [0.3, 0.4) is 0 Å². The maximum atomic E-state index is 12.9. The van der Waals surface area contributed by atoms with Crippen molar-refractivity contribution in [3.05, 3.63) is 0 Å². The van der Waals surface area contributed by atoms with Gasteiger partial charge in [0.2, 0.25) is 15.9 Å². The summed E-state index contributed by atoms with van der Waals surface area (Å²) in [6.07, 6.45) is 7.36. The number of carbonyl (C=O) groups excluding carboxylic acids is 1. The van der Waals surface area contributed by atoms with Gasteiger partial charge in [0, 0.05) is 12.6 Å². The van der Waals surface area contributed by atoms with Crippen LogP contribution in [0.2, 0.25) is 0 Å². The maximum Gasteiger partial charge on any atom is 0.230 e. The van der Waals surface area contributed by atoms with Crippen molar-refractivity contribution < 1.29 is 22.7 Å². The van der Waals surface area contributed by atoms with E-state index in [1.54, 1.807) is 0 Å². The van der Waals surface area contributed by atoms with E-state index in [2.05, 4.69) is 18.6 Å². The number of hydrogen-bond donors (Lipinski definition) is 1. The van der Waals surface area contributed by atoms with Crippen LogP contribution in [0.5, 0.6) is 0 Å². The van der Waals surface area contributed by atoms with Gasteiger partial charge in [-0.1, -0.05) is 13.8 Å². The first kappa shape index (κ1) is 22.0. The number of rotatable bonds is 7. The second kappa shape index (κ2) is 9.41. The van der Waals surface area contributed by atoms with E-state index in [0.29, 0.717) is 32.3 Å². The summed E-state index contributed by atoms with van der Waals surface area (Å²) in [5.74, 6) is 1.45. The van der Waals surface area contributed by atoms with Gasteiger partial charge in [-0.25, -0.2) is 13.1 Å². The lowest BCUT2D eigenvalue weighted by atomic mass is 9.80. The van der Waals surface area contributed by atoms with Gasteiger partial charge in [0.25, 0.3) is 0 Å². The smallest absolute Gasteiger partial charge is 0.230 e. The number of piperidine rings is 1. The minimum Gasteiger partial charge on any atom is -0.380 e. The fraction of sp³-hybridized carbons (Fsp3) is 0.950. The van der Waals surface area contributed by atoms with Gasteiger partial charge in [0.05, 0.1) is 44.1 Å². The molecule has 162 valence electrons. The number of nitrogens with one attached hydrogen (secondary N) is 1. The van der Waals surface area contributed by atoms with Gasteiger partial charge in [-0.05, 0) is 50.4 Å². The molecule has 0 radical (unpaired) electrons. The molecule has 2 aliphatic heterocycles. The van der Waals surface area contributed by atoms with Crippen LogP contribution in [0, 0.1) is 17.8 Å². The van der Waals surface area contributed by atoms with Crippen molar-refractivity contribution in [2.75, 3.05) is 32.6 Å². The van der Waals surface area contributed by atoms with Crippen LogP contribution in [0.1, 0.15) is 52.4 Å². The molecule has 2 atom stereocenters. The third-order valence-corrected chi connectivity index (χ3v) is 7.31. The molecular weight excluding hydrogens is 380 g/mol. The van der Waals surface area contributed by atoms with Crippen LogP contribution in [0.4, 0.5) is 0 Å². The van der Waals surface area contributed by atoms with E-state index < -0.39 is 10.0 Å². The molecule has 2 unspecified atom stereocenters. The molecule has 0 spiro atoms. The molecule has 8 heteroatoms. The molecule has 1 N–H and O–H groups in total. The molecule has 2 saturated heterocycles. The molecule has 1 amide bonds. The summed E-state index contributed by atoms with van der Waals surface area (Å²) in [5, 5.41) is 0. The van der Waals surface area contributed by atoms with E-state index >= 15 is 0 Å². The highest BCUT2D eigenvalue weighted by Gasteiger charge is 2.40. The lowest BCUT2D eigenvalue weighted by Crippen LogP contribution is -2.61. The Balaban J connectivity index is 1.63. The van der Waals surface area contributed by atoms with Crippen LogP contribution in [0.15, 0.2) is 0 Å². The van der Waals surface area contributed by atoms with Crippen LogP contribution >= 0.6 is 0 Å². The number of ether oxygens (including phenoxy) is 2. The zero-order valence-corrected chi connectivity index (χ0v) is 18.2. The largest absolute Gasteiger partial charge is 0.380 e. The number of likely N-dealkylation sites (tertiary alicyclic amines) is 1. The molecule has 1 saturated carbocycles. The van der Waals surface area contributed by atoms with Crippen molar-refractivity contribution in [2.24, 2.45) is 17.8 Å². The fourth-order valence-electron chi connectivity index (χ4n) is 4.72. The van der Waals surface area contributed by atoms with Crippen molar-refractivity contribution in [3.63, 3.8) is 0 Å². The van der Waals surface area contributed by atoms with Crippen LogP contribution < -0.4 is 4.72 Å². The first-order valence-corrected chi connectivity index (χ1v) is 12.6. The molecule has 0 aromatic rings. The average Bonchev–Trinajstić information content (AvgIpc) is 2.58. The Hall–Kier alpha value is -0.700. The first-order chi connectivity index (χ1) is 13.2. The van der Waals surface area contributed by atoms with Crippen molar-refractivity contribution in [1.29, 1.82) is 0 Å². The zero-order valence-electron chi connectivity index (χ0n) is 17.4. The Morgan fingerprint density at radius 3 is 2.39 bits per heavy atom. The second-order valence-corrected chi connectivity index (χ2v) is 10.9. The molecular formula is C20H36N2O5S. The van der Waals surface area contributed by atoms with Crippen molar-refractivity contribution >= 4 is 15.9 Å². The van der Waals surface area contributed by atoms with E-state index in [1.165, 1.54) is 19.1 Å². The SMILES string of the molecule is CC(C)[C@H]1CC[C@@H](OCC2C(NS(C)(=O)=O)CCCN2C(=O)C2COC2)CC1. The first-order valence-electron chi connectivity index (χ1n) is 10.7. The van der Waals surface area contributed by atoms with Crippen molar-refractivity contribution in [1.82, 2.24) is 9.62 Å². The van der Waals surface area contributed by atoms with Gasteiger partial charge in [0.15, 0.2) is 0 Å². The van der Waals surface area contributed by atoms with Gasteiger partial charge < -0.3 is 14.4 Å². The highest BCUT2D eigenvalue weighted by molar-refractivity contribution is 7.88. The van der Waals surface area contributed by atoms with Crippen molar-refractivity contribution in [3.8, 4) is 0 Å². The Kier molecular flexibility index (Phi) is 7.39. The minimum atomic E-state index is -3.35. The topological polar surface area (TPSA) is 84.9 Å². The summed E-state index contributed by atoms with van der Waals surface area (Å²) in [6, 6.07) is -0.542. The summed E-state index contributed by atoms with van der Waals surface area (Å²) in [6.45, 7) is 6.54. The molecule has 1 aliphatic carbocycles. The highest BCUT2D eigenvalue weighted by atomic mass is 32.2. The third-order valence-electron chi connectivity index (χ3n) is 6.58. The van der Waals surface area contributed by atoms with Crippen LogP contribution in [-0.4, -0.2) is 70.0 Å². The lowest BCUT2D eigenvalue weighted by molar-refractivity contribution is -0.157. The zero-order chi connectivity index (χ0) is 20.3. The second-order valence-electron chi connectivity index (χ2n) is 9.09. The number of carbonyl (C=O) groups is 1. The number of amides is 1. The van der Waals surface area contributed by atoms with Gasteiger partial charge >= 0.3 is 0 Å². The molecule has 2 heterocycles. The van der Waals surface area contributed by atoms with Crippen molar-refractivity contribution in [2.45, 2.75) is 70.6 Å². The Bertz CT molecular complexity index is 627. The average molecular weight is 417 g/mol. The van der Waals surface area contributed by atoms with E-state index in [9.17, 15) is 13.2 Å². The minimum absolute atomic E-state index is 0.0726. The summed E-state index contributed by atoms with van der Waals surface area (Å²) in [7, 11) is -3.35. The third kappa shape index (κ3) is 5.68. The molecule has 0 aromatic carbocycles. The quantitative estimate of drug-likeness (QED) is 0.684. The fourth-order valence-corrected chi connectivity index (χ4v) is 5.54. The van der Waals surface area contributed by atoms with Gasteiger partial charge in [-0.2, -0.15) is 0 Å². The molecule has 3 aliphatic rings. The Labute approximate surface area is 169 Å². The number of sulfonamides is 1. The van der Waals surface area contributed by atoms with E-state index in [-0.39, 0.29) is 30.0 Å². The standard InChI is InChI=1S/C20H36N2O5S/c1-14(2)15-6-8-17(9-7-15)27-13-19-18(21-28(3,24)25)5-4-10-22(19)20(23)16-11-26-12-16/h14-19,21H,4-13H2,1-3H3/t15-,17+,18?,19?. The Morgan fingerprint density at radius 1 is 1.18 bits per heavy atom.